The van der Waals surface area contributed by atoms with Crippen LogP contribution >= 0.6 is 0 Å². The molecule has 102 valence electrons. The maximum atomic E-state index is 13.0. The number of benzene rings is 1. The highest BCUT2D eigenvalue weighted by Crippen LogP contribution is 2.10. The highest BCUT2D eigenvalue weighted by Gasteiger charge is 2.00. The molecule has 0 radical (unpaired) electrons. The number of hydrogen-bond acceptors (Lipinski definition) is 2. The summed E-state index contributed by atoms with van der Waals surface area (Å²) in [7, 11) is 0. The minimum absolute atomic E-state index is 0.162. The Bertz CT molecular complexity index is 534. The van der Waals surface area contributed by atoms with Crippen molar-refractivity contribution < 1.29 is 4.39 Å². The van der Waals surface area contributed by atoms with Crippen molar-refractivity contribution in [3.8, 4) is 0 Å². The Balaban J connectivity index is 1.71. The Morgan fingerprint density at radius 3 is 2.79 bits per heavy atom. The Morgan fingerprint density at radius 2 is 2.11 bits per heavy atom. The van der Waals surface area contributed by atoms with Crippen LogP contribution in [0.1, 0.15) is 17.0 Å². The molecule has 1 N–H and O–H groups in total. The Morgan fingerprint density at radius 1 is 1.26 bits per heavy atom. The fraction of sp³-hybridized carbons (Fsp3) is 0.400. The first-order valence-electron chi connectivity index (χ1n) is 6.60. The molecule has 3 nitrogen and oxygen atoms in total. The van der Waals surface area contributed by atoms with Gasteiger partial charge in [-0.15, -0.1) is 0 Å². The lowest BCUT2D eigenvalue weighted by Crippen LogP contribution is -2.22. The first-order valence-corrected chi connectivity index (χ1v) is 6.60. The van der Waals surface area contributed by atoms with Gasteiger partial charge in [-0.2, -0.15) is 0 Å². The summed E-state index contributed by atoms with van der Waals surface area (Å²) in [4.78, 5) is 4.18. The lowest BCUT2D eigenvalue weighted by atomic mass is 10.1. The monoisotopic (exact) mass is 261 g/mol. The topological polar surface area (TPSA) is 29.9 Å². The Kier molecular flexibility index (Phi) is 4.68. The molecule has 4 heteroatoms. The van der Waals surface area contributed by atoms with Crippen LogP contribution in [-0.2, 0) is 13.0 Å². The highest BCUT2D eigenvalue weighted by molar-refractivity contribution is 5.26. The molecule has 0 bridgehead atoms. The van der Waals surface area contributed by atoms with Crippen LogP contribution in [0.4, 0.5) is 4.39 Å². The van der Waals surface area contributed by atoms with Crippen LogP contribution in [0, 0.1) is 19.7 Å². The van der Waals surface area contributed by atoms with Gasteiger partial charge >= 0.3 is 0 Å². The molecule has 0 unspecified atom stereocenters. The summed E-state index contributed by atoms with van der Waals surface area (Å²) >= 11 is 0. The zero-order chi connectivity index (χ0) is 13.7. The van der Waals surface area contributed by atoms with Crippen molar-refractivity contribution in [2.24, 2.45) is 0 Å². The molecule has 0 aliphatic carbocycles. The average Bonchev–Trinajstić information content (AvgIpc) is 2.77. The predicted molar refractivity (Wildman–Crippen MR) is 74.7 cm³/mol. The van der Waals surface area contributed by atoms with Gasteiger partial charge in [0.2, 0.25) is 0 Å². The fourth-order valence-corrected chi connectivity index (χ4v) is 2.13. The minimum Gasteiger partial charge on any atom is -0.334 e. The Hall–Kier alpha value is -1.68. The van der Waals surface area contributed by atoms with Crippen LogP contribution in [-0.4, -0.2) is 22.6 Å². The molecule has 0 aliphatic rings. The molecule has 0 aliphatic heterocycles. The molecule has 19 heavy (non-hydrogen) atoms. The lowest BCUT2D eigenvalue weighted by Gasteiger charge is -2.08. The van der Waals surface area contributed by atoms with Crippen LogP contribution in [0.25, 0.3) is 0 Å². The van der Waals surface area contributed by atoms with Crippen molar-refractivity contribution >= 4 is 0 Å². The normalized spacial score (nSPS) is 10.9. The summed E-state index contributed by atoms with van der Waals surface area (Å²) in [6, 6.07) is 4.98. The Labute approximate surface area is 113 Å². The quantitative estimate of drug-likeness (QED) is 0.810. The molecule has 2 aromatic rings. The van der Waals surface area contributed by atoms with Crippen LogP contribution in [0.3, 0.4) is 0 Å². The van der Waals surface area contributed by atoms with Crippen LogP contribution < -0.4 is 5.32 Å². The van der Waals surface area contributed by atoms with Gasteiger partial charge in [0.1, 0.15) is 11.6 Å². The van der Waals surface area contributed by atoms with E-state index in [1.54, 1.807) is 6.07 Å². The van der Waals surface area contributed by atoms with Crippen molar-refractivity contribution in [3.63, 3.8) is 0 Å². The molecule has 0 amide bonds. The molecule has 2 rings (SSSR count). The summed E-state index contributed by atoms with van der Waals surface area (Å²) in [6.07, 6.45) is 4.73. The number of nitrogens with zero attached hydrogens (tertiary/aromatic N) is 2. The van der Waals surface area contributed by atoms with E-state index in [0.29, 0.717) is 0 Å². The van der Waals surface area contributed by atoms with Crippen molar-refractivity contribution in [1.29, 1.82) is 0 Å². The molecule has 1 aromatic heterocycles. The van der Waals surface area contributed by atoms with Gasteiger partial charge in [-0.25, -0.2) is 9.37 Å². The number of halogens is 1. The van der Waals surface area contributed by atoms with Crippen molar-refractivity contribution in [2.45, 2.75) is 26.8 Å². The zero-order valence-electron chi connectivity index (χ0n) is 11.5. The van der Waals surface area contributed by atoms with Crippen LogP contribution in [0.5, 0.6) is 0 Å². The molecule has 0 saturated carbocycles. The lowest BCUT2D eigenvalue weighted by molar-refractivity contribution is 0.587. The molecular formula is C15H20FN3. The molecule has 1 aromatic carbocycles. The SMILES string of the molecule is Cc1cc(F)ccc1CCNCCn1ccnc1C. The van der Waals surface area contributed by atoms with Gasteiger partial charge in [0.25, 0.3) is 0 Å². The summed E-state index contributed by atoms with van der Waals surface area (Å²) < 4.78 is 15.1. The molecule has 0 atom stereocenters. The van der Waals surface area contributed by atoms with Gasteiger partial charge in [-0.3, -0.25) is 0 Å². The van der Waals surface area contributed by atoms with Crippen molar-refractivity contribution in [3.05, 3.63) is 53.4 Å². The van der Waals surface area contributed by atoms with Crippen LogP contribution in [0.15, 0.2) is 30.6 Å². The number of imidazole rings is 1. The van der Waals surface area contributed by atoms with E-state index in [9.17, 15) is 4.39 Å². The molecule has 1 heterocycles. The van der Waals surface area contributed by atoms with Crippen molar-refractivity contribution in [1.82, 2.24) is 14.9 Å². The van der Waals surface area contributed by atoms with Crippen molar-refractivity contribution in [2.75, 3.05) is 13.1 Å². The second-order valence-electron chi connectivity index (χ2n) is 4.74. The van der Waals surface area contributed by atoms with Gasteiger partial charge in [0.15, 0.2) is 0 Å². The second kappa shape index (κ2) is 6.48. The number of nitrogens with one attached hydrogen (secondary N) is 1. The summed E-state index contributed by atoms with van der Waals surface area (Å²) in [5.41, 5.74) is 2.22. The third kappa shape index (κ3) is 3.89. The fourth-order valence-electron chi connectivity index (χ4n) is 2.13. The van der Waals surface area contributed by atoms with E-state index in [2.05, 4.69) is 14.9 Å². The van der Waals surface area contributed by atoms with E-state index in [4.69, 9.17) is 0 Å². The second-order valence-corrected chi connectivity index (χ2v) is 4.74. The number of rotatable bonds is 6. The smallest absolute Gasteiger partial charge is 0.123 e. The first kappa shape index (κ1) is 13.7. The van der Waals surface area contributed by atoms with E-state index in [1.807, 2.05) is 32.3 Å². The number of aromatic nitrogens is 2. The average molecular weight is 261 g/mol. The van der Waals surface area contributed by atoms with Crippen LogP contribution in [0.2, 0.25) is 0 Å². The summed E-state index contributed by atoms with van der Waals surface area (Å²) in [5.74, 6) is 0.876. The molecular weight excluding hydrogens is 241 g/mol. The molecule has 0 spiro atoms. The molecule has 0 fully saturated rings. The van der Waals surface area contributed by atoms with Gasteiger partial charge in [-0.1, -0.05) is 6.07 Å². The van der Waals surface area contributed by atoms with E-state index in [1.165, 1.54) is 11.6 Å². The summed E-state index contributed by atoms with van der Waals surface area (Å²) in [6.45, 7) is 6.70. The van der Waals surface area contributed by atoms with Gasteiger partial charge in [0, 0.05) is 25.5 Å². The standard InChI is InChI=1S/C15H20FN3/c1-12-11-15(16)4-3-14(12)5-6-17-7-9-19-10-8-18-13(19)2/h3-4,8,10-11,17H,5-7,9H2,1-2H3. The zero-order valence-corrected chi connectivity index (χ0v) is 11.5. The van der Waals surface area contributed by atoms with Gasteiger partial charge in [0.05, 0.1) is 0 Å². The molecule has 0 saturated heterocycles. The van der Waals surface area contributed by atoms with Gasteiger partial charge < -0.3 is 9.88 Å². The van der Waals surface area contributed by atoms with E-state index >= 15 is 0 Å². The highest BCUT2D eigenvalue weighted by atomic mass is 19.1. The van der Waals surface area contributed by atoms with E-state index in [0.717, 1.165) is 37.4 Å². The van der Waals surface area contributed by atoms with E-state index < -0.39 is 0 Å². The maximum absolute atomic E-state index is 13.0. The van der Waals surface area contributed by atoms with Gasteiger partial charge in [-0.05, 0) is 50.1 Å². The predicted octanol–water partition coefficient (Wildman–Crippen LogP) is 2.47. The first-order chi connectivity index (χ1) is 9.16. The number of hydrogen-bond donors (Lipinski definition) is 1. The third-order valence-corrected chi connectivity index (χ3v) is 3.33. The number of aryl methyl sites for hydroxylation is 2. The minimum atomic E-state index is -0.162. The van der Waals surface area contributed by atoms with E-state index in [-0.39, 0.29) is 5.82 Å². The third-order valence-electron chi connectivity index (χ3n) is 3.33. The maximum Gasteiger partial charge on any atom is 0.123 e. The largest absolute Gasteiger partial charge is 0.334 e. The summed E-state index contributed by atoms with van der Waals surface area (Å²) in [5, 5.41) is 3.40.